The van der Waals surface area contributed by atoms with Crippen molar-refractivity contribution in [2.75, 3.05) is 0 Å². The first-order valence-electron chi connectivity index (χ1n) is 8.18. The zero-order chi connectivity index (χ0) is 19.0. The van der Waals surface area contributed by atoms with Crippen LogP contribution in [0.1, 0.15) is 11.3 Å². The number of aromatic nitrogens is 3. The van der Waals surface area contributed by atoms with Gasteiger partial charge in [0.25, 0.3) is 0 Å². The van der Waals surface area contributed by atoms with Gasteiger partial charge in [-0.2, -0.15) is 10.2 Å². The number of hydrogen-bond donors (Lipinski definition) is 0. The van der Waals surface area contributed by atoms with Crippen molar-refractivity contribution in [3.05, 3.63) is 74.8 Å². The standard InChI is InChI=1S/C19H15Cl2N5S/c1-12-13(18(21)26(24-12)15-8-4-3-7-14(15)20)11-22-23-19-25(2)16-9-5-6-10-17(16)27-19/h3-11H,1-2H3/b22-11+,23-19+. The zero-order valence-corrected chi connectivity index (χ0v) is 16.9. The van der Waals surface area contributed by atoms with Gasteiger partial charge < -0.3 is 4.57 Å². The molecule has 0 bridgehead atoms. The quantitative estimate of drug-likeness (QED) is 0.343. The number of halogens is 2. The third-order valence-corrected chi connectivity index (χ3v) is 5.96. The molecule has 4 rings (SSSR count). The predicted octanol–water partition coefficient (Wildman–Crippen LogP) is 4.98. The Balaban J connectivity index is 1.72. The van der Waals surface area contributed by atoms with Gasteiger partial charge in [-0.25, -0.2) is 4.68 Å². The summed E-state index contributed by atoms with van der Waals surface area (Å²) in [6.45, 7) is 1.88. The van der Waals surface area contributed by atoms with Crippen LogP contribution in [0.5, 0.6) is 0 Å². The van der Waals surface area contributed by atoms with Crippen molar-refractivity contribution < 1.29 is 0 Å². The molecule has 5 nitrogen and oxygen atoms in total. The largest absolute Gasteiger partial charge is 0.318 e. The van der Waals surface area contributed by atoms with Gasteiger partial charge in [-0.15, -0.1) is 5.10 Å². The van der Waals surface area contributed by atoms with Crippen LogP contribution >= 0.6 is 34.5 Å². The molecule has 4 aromatic rings. The highest BCUT2D eigenvalue weighted by Crippen LogP contribution is 2.26. The number of hydrogen-bond acceptors (Lipinski definition) is 4. The summed E-state index contributed by atoms with van der Waals surface area (Å²) >= 11 is 14.4. The molecular formula is C19H15Cl2N5S. The van der Waals surface area contributed by atoms with E-state index in [1.54, 1.807) is 28.3 Å². The fourth-order valence-corrected chi connectivity index (χ4v) is 4.26. The van der Waals surface area contributed by atoms with Crippen LogP contribution in [-0.4, -0.2) is 20.6 Å². The zero-order valence-electron chi connectivity index (χ0n) is 14.6. The van der Waals surface area contributed by atoms with Crippen LogP contribution < -0.4 is 4.80 Å². The van der Waals surface area contributed by atoms with Crippen molar-refractivity contribution in [3.8, 4) is 5.69 Å². The van der Waals surface area contributed by atoms with Gasteiger partial charge in [-0.05, 0) is 31.2 Å². The highest BCUT2D eigenvalue weighted by Gasteiger charge is 2.14. The molecule has 2 aromatic heterocycles. The molecule has 0 saturated carbocycles. The minimum absolute atomic E-state index is 0.445. The lowest BCUT2D eigenvalue weighted by atomic mass is 10.3. The summed E-state index contributed by atoms with van der Waals surface area (Å²) in [7, 11) is 1.97. The average molecular weight is 416 g/mol. The molecule has 0 saturated heterocycles. The molecule has 136 valence electrons. The van der Waals surface area contributed by atoms with Crippen molar-refractivity contribution in [1.29, 1.82) is 0 Å². The van der Waals surface area contributed by atoms with Gasteiger partial charge in [-0.3, -0.25) is 0 Å². The number of fused-ring (bicyclic) bond motifs is 1. The second-order valence-corrected chi connectivity index (χ2v) is 7.68. The van der Waals surface area contributed by atoms with E-state index < -0.39 is 0 Å². The van der Waals surface area contributed by atoms with Crippen molar-refractivity contribution in [2.45, 2.75) is 6.92 Å². The summed E-state index contributed by atoms with van der Waals surface area (Å²) in [6, 6.07) is 15.6. The normalized spacial score (nSPS) is 12.5. The minimum Gasteiger partial charge on any atom is -0.318 e. The summed E-state index contributed by atoms with van der Waals surface area (Å²) in [5, 5.41) is 14.1. The number of thiazole rings is 1. The van der Waals surface area contributed by atoms with Gasteiger partial charge >= 0.3 is 0 Å². The molecule has 0 spiro atoms. The molecule has 0 N–H and O–H groups in total. The lowest BCUT2D eigenvalue weighted by Gasteiger charge is -2.04. The van der Waals surface area contributed by atoms with E-state index in [1.165, 1.54) is 0 Å². The van der Waals surface area contributed by atoms with E-state index in [0.717, 1.165) is 26.4 Å². The molecule has 0 radical (unpaired) electrons. The Morgan fingerprint density at radius 2 is 1.81 bits per heavy atom. The summed E-state index contributed by atoms with van der Waals surface area (Å²) < 4.78 is 4.79. The van der Waals surface area contributed by atoms with E-state index in [2.05, 4.69) is 27.4 Å². The topological polar surface area (TPSA) is 47.5 Å². The van der Waals surface area contributed by atoms with E-state index in [0.29, 0.717) is 15.7 Å². The summed E-state index contributed by atoms with van der Waals surface area (Å²) in [5.74, 6) is 0. The molecule has 0 aliphatic heterocycles. The van der Waals surface area contributed by atoms with Crippen molar-refractivity contribution >= 4 is 51.0 Å². The van der Waals surface area contributed by atoms with Gasteiger partial charge in [0.2, 0.25) is 4.80 Å². The predicted molar refractivity (Wildman–Crippen MR) is 112 cm³/mol. The molecule has 2 heterocycles. The van der Waals surface area contributed by atoms with Gasteiger partial charge in [0.15, 0.2) is 0 Å². The number of rotatable bonds is 3. The molecule has 2 aromatic carbocycles. The second kappa shape index (κ2) is 7.31. The van der Waals surface area contributed by atoms with Crippen molar-refractivity contribution in [1.82, 2.24) is 14.3 Å². The molecular weight excluding hydrogens is 401 g/mol. The number of para-hydroxylation sites is 2. The first kappa shape index (κ1) is 18.0. The summed E-state index contributed by atoms with van der Waals surface area (Å²) in [4.78, 5) is 0.805. The lowest BCUT2D eigenvalue weighted by molar-refractivity contribution is 0.863. The first-order valence-corrected chi connectivity index (χ1v) is 9.75. The van der Waals surface area contributed by atoms with E-state index in [-0.39, 0.29) is 0 Å². The molecule has 27 heavy (non-hydrogen) atoms. The Morgan fingerprint density at radius 1 is 1.07 bits per heavy atom. The monoisotopic (exact) mass is 415 g/mol. The molecule has 0 aliphatic rings. The number of benzene rings is 2. The Morgan fingerprint density at radius 3 is 2.59 bits per heavy atom. The Labute approximate surface area is 169 Å². The van der Waals surface area contributed by atoms with Gasteiger partial charge in [-0.1, -0.05) is 58.8 Å². The Bertz CT molecular complexity index is 1230. The molecule has 0 amide bonds. The van der Waals surface area contributed by atoms with Gasteiger partial charge in [0, 0.05) is 7.05 Å². The first-order chi connectivity index (χ1) is 13.1. The molecule has 0 unspecified atom stereocenters. The van der Waals surface area contributed by atoms with Crippen molar-refractivity contribution in [2.24, 2.45) is 17.3 Å². The molecule has 0 aliphatic carbocycles. The van der Waals surface area contributed by atoms with Crippen LogP contribution in [0.15, 0.2) is 58.7 Å². The van der Waals surface area contributed by atoms with Gasteiger partial charge in [0.1, 0.15) is 5.15 Å². The maximum atomic E-state index is 6.52. The second-order valence-electron chi connectivity index (χ2n) is 5.91. The number of nitrogens with zero attached hydrogens (tertiary/aromatic N) is 5. The average Bonchev–Trinajstić information content (AvgIpc) is 3.13. The van der Waals surface area contributed by atoms with Crippen LogP contribution in [0, 0.1) is 6.92 Å². The lowest BCUT2D eigenvalue weighted by Crippen LogP contribution is -2.08. The third-order valence-electron chi connectivity index (χ3n) is 4.17. The van der Waals surface area contributed by atoms with E-state index >= 15 is 0 Å². The van der Waals surface area contributed by atoms with E-state index in [4.69, 9.17) is 23.2 Å². The molecule has 0 atom stereocenters. The van der Waals surface area contributed by atoms with Crippen LogP contribution in [0.25, 0.3) is 15.9 Å². The summed E-state index contributed by atoms with van der Waals surface area (Å²) in [6.07, 6.45) is 1.63. The third kappa shape index (κ3) is 3.32. The van der Waals surface area contributed by atoms with Crippen LogP contribution in [-0.2, 0) is 7.05 Å². The molecule has 0 fully saturated rings. The van der Waals surface area contributed by atoms with Crippen LogP contribution in [0.4, 0.5) is 0 Å². The Kier molecular flexibility index (Phi) is 4.86. The maximum Gasteiger partial charge on any atom is 0.211 e. The Hall–Kier alpha value is -2.41. The smallest absolute Gasteiger partial charge is 0.211 e. The fourth-order valence-electron chi connectivity index (χ4n) is 2.75. The van der Waals surface area contributed by atoms with Gasteiger partial charge in [0.05, 0.1) is 38.4 Å². The molecule has 8 heteroatoms. The van der Waals surface area contributed by atoms with E-state index in [9.17, 15) is 0 Å². The van der Waals surface area contributed by atoms with E-state index in [1.807, 2.05) is 48.9 Å². The highest BCUT2D eigenvalue weighted by molar-refractivity contribution is 7.16. The van der Waals surface area contributed by atoms with Crippen LogP contribution in [0.2, 0.25) is 10.2 Å². The highest BCUT2D eigenvalue weighted by atomic mass is 35.5. The number of aryl methyl sites for hydroxylation is 2. The van der Waals surface area contributed by atoms with Crippen LogP contribution in [0.3, 0.4) is 0 Å². The minimum atomic E-state index is 0.445. The SMILES string of the molecule is Cc1nn(-c2ccccc2Cl)c(Cl)c1/C=N/N=c1/sc2ccccc2n1C. The van der Waals surface area contributed by atoms with Crippen molar-refractivity contribution in [3.63, 3.8) is 0 Å². The summed E-state index contributed by atoms with van der Waals surface area (Å²) in [5.41, 5.74) is 3.31. The maximum absolute atomic E-state index is 6.52. The fraction of sp³-hybridized carbons (Fsp3) is 0.105.